The monoisotopic (exact) mass is 594 g/mol. The number of hydrogen-bond donors (Lipinski definition) is 1. The van der Waals surface area contributed by atoms with Crippen LogP contribution in [0.25, 0.3) is 5.69 Å². The largest absolute Gasteiger partial charge is 0.495 e. The molecule has 0 saturated carbocycles. The van der Waals surface area contributed by atoms with Gasteiger partial charge in [-0.05, 0) is 111 Å². The van der Waals surface area contributed by atoms with Crippen LogP contribution in [-0.4, -0.2) is 21.8 Å². The van der Waals surface area contributed by atoms with E-state index < -0.39 is 0 Å². The Morgan fingerprint density at radius 3 is 2.26 bits per heavy atom. The summed E-state index contributed by atoms with van der Waals surface area (Å²) in [6.07, 6.45) is 1.82. The number of rotatable bonds is 7. The van der Waals surface area contributed by atoms with Gasteiger partial charge in [0.1, 0.15) is 17.2 Å². The predicted molar refractivity (Wildman–Crippen MR) is 172 cm³/mol. The molecule has 5 aromatic rings. The SMILES string of the molecule is COc1ccc(Cl)cc1-n1c(C)cc([C@@H]2[C@H](c3ccccn3)NC(=S)N2c2ccc(Oc3ccc(C)cc3)cc2)c1C. The van der Waals surface area contributed by atoms with Crippen molar-refractivity contribution in [2.24, 2.45) is 0 Å². The number of pyridine rings is 1. The van der Waals surface area contributed by atoms with Crippen molar-refractivity contribution in [3.8, 4) is 22.9 Å². The molecule has 0 spiro atoms. The molecule has 0 bridgehead atoms. The van der Waals surface area contributed by atoms with Gasteiger partial charge in [0.25, 0.3) is 0 Å². The molecule has 6 nitrogen and oxygen atoms in total. The molecule has 3 heterocycles. The standard InChI is InChI=1S/C34H31ClN4O2S/c1-21-8-13-26(14-9-21)41-27-15-11-25(12-16-27)39-33(32(37-34(39)42)29-7-5-6-18-36-29)28-19-22(2)38(23(28)3)30-20-24(35)10-17-31(30)40-4/h5-20,32-33H,1-4H3,(H,37,42)/t32-,33+/m0/s1. The van der Waals surface area contributed by atoms with Gasteiger partial charge in [0, 0.05) is 28.3 Å². The van der Waals surface area contributed by atoms with E-state index in [1.54, 1.807) is 7.11 Å². The first-order valence-electron chi connectivity index (χ1n) is 13.7. The molecular weight excluding hydrogens is 564 g/mol. The fraction of sp³-hybridized carbons (Fsp3) is 0.176. The van der Waals surface area contributed by atoms with Gasteiger partial charge in [-0.1, -0.05) is 35.4 Å². The van der Waals surface area contributed by atoms with Crippen LogP contribution in [0.4, 0.5) is 5.69 Å². The summed E-state index contributed by atoms with van der Waals surface area (Å²) in [6.45, 7) is 6.27. The fourth-order valence-corrected chi connectivity index (χ4v) is 6.17. The molecule has 1 saturated heterocycles. The second-order valence-electron chi connectivity index (χ2n) is 10.4. The van der Waals surface area contributed by atoms with Gasteiger partial charge < -0.3 is 24.3 Å². The van der Waals surface area contributed by atoms with Gasteiger partial charge in [-0.15, -0.1) is 0 Å². The number of anilines is 1. The zero-order valence-electron chi connectivity index (χ0n) is 23.8. The molecule has 0 amide bonds. The molecule has 1 N–H and O–H groups in total. The van der Waals surface area contributed by atoms with Crippen LogP contribution in [0.2, 0.25) is 5.02 Å². The molecule has 8 heteroatoms. The van der Waals surface area contributed by atoms with Crippen molar-refractivity contribution in [2.45, 2.75) is 32.9 Å². The minimum atomic E-state index is -0.169. The van der Waals surface area contributed by atoms with Crippen LogP contribution in [0.3, 0.4) is 0 Å². The van der Waals surface area contributed by atoms with Gasteiger partial charge in [-0.2, -0.15) is 0 Å². The highest BCUT2D eigenvalue weighted by Crippen LogP contribution is 2.44. The molecule has 6 rings (SSSR count). The summed E-state index contributed by atoms with van der Waals surface area (Å²) >= 11 is 12.4. The Labute approximate surface area is 256 Å². The molecule has 2 aromatic heterocycles. The number of halogens is 1. The molecule has 2 atom stereocenters. The first kappa shape index (κ1) is 27.8. The molecule has 42 heavy (non-hydrogen) atoms. The lowest BCUT2D eigenvalue weighted by molar-refractivity contribution is 0.412. The van der Waals surface area contributed by atoms with E-state index in [1.165, 1.54) is 5.56 Å². The second kappa shape index (κ2) is 11.5. The van der Waals surface area contributed by atoms with Crippen molar-refractivity contribution < 1.29 is 9.47 Å². The molecule has 1 aliphatic heterocycles. The maximum Gasteiger partial charge on any atom is 0.174 e. The average Bonchev–Trinajstić information content (AvgIpc) is 3.49. The lowest BCUT2D eigenvalue weighted by Gasteiger charge is -2.28. The van der Waals surface area contributed by atoms with Crippen LogP contribution in [0, 0.1) is 20.8 Å². The van der Waals surface area contributed by atoms with Crippen LogP contribution < -0.4 is 19.7 Å². The highest BCUT2D eigenvalue weighted by molar-refractivity contribution is 7.80. The van der Waals surface area contributed by atoms with Gasteiger partial charge in [0.2, 0.25) is 0 Å². The minimum absolute atomic E-state index is 0.165. The Balaban J connectivity index is 1.43. The Morgan fingerprint density at radius 1 is 0.881 bits per heavy atom. The molecule has 1 aliphatic rings. The third-order valence-corrected chi connectivity index (χ3v) is 8.19. The molecule has 1 fully saturated rings. The fourth-order valence-electron chi connectivity index (χ4n) is 5.66. The third-order valence-electron chi connectivity index (χ3n) is 7.64. The van der Waals surface area contributed by atoms with Crippen molar-refractivity contribution in [1.82, 2.24) is 14.9 Å². The summed E-state index contributed by atoms with van der Waals surface area (Å²) in [7, 11) is 1.67. The van der Waals surface area contributed by atoms with Crippen molar-refractivity contribution in [1.29, 1.82) is 0 Å². The molecular formula is C34H31ClN4O2S. The number of hydrogen-bond acceptors (Lipinski definition) is 4. The van der Waals surface area contributed by atoms with E-state index in [-0.39, 0.29) is 12.1 Å². The Hall–Kier alpha value is -4.33. The Bertz CT molecular complexity index is 1740. The number of nitrogens with one attached hydrogen (secondary N) is 1. The van der Waals surface area contributed by atoms with Crippen molar-refractivity contribution in [3.63, 3.8) is 0 Å². The first-order chi connectivity index (χ1) is 20.3. The minimum Gasteiger partial charge on any atom is -0.495 e. The Kier molecular flexibility index (Phi) is 7.62. The number of ether oxygens (including phenoxy) is 2. The second-order valence-corrected chi connectivity index (χ2v) is 11.2. The van der Waals surface area contributed by atoms with Crippen molar-refractivity contribution in [3.05, 3.63) is 130 Å². The van der Waals surface area contributed by atoms with Gasteiger partial charge >= 0.3 is 0 Å². The zero-order valence-corrected chi connectivity index (χ0v) is 25.4. The summed E-state index contributed by atoms with van der Waals surface area (Å²) in [5.74, 6) is 2.29. The summed E-state index contributed by atoms with van der Waals surface area (Å²) in [4.78, 5) is 6.88. The normalized spacial score (nSPS) is 16.4. The van der Waals surface area contributed by atoms with Crippen LogP contribution in [0.1, 0.15) is 40.3 Å². The van der Waals surface area contributed by atoms with E-state index in [0.717, 1.165) is 51.3 Å². The predicted octanol–water partition coefficient (Wildman–Crippen LogP) is 8.43. The van der Waals surface area contributed by atoms with E-state index in [9.17, 15) is 0 Å². The maximum absolute atomic E-state index is 6.44. The molecule has 0 unspecified atom stereocenters. The molecule has 212 valence electrons. The average molecular weight is 595 g/mol. The number of benzene rings is 3. The first-order valence-corrected chi connectivity index (χ1v) is 14.5. The number of nitrogens with zero attached hydrogens (tertiary/aromatic N) is 3. The van der Waals surface area contributed by atoms with Gasteiger partial charge in [0.15, 0.2) is 5.11 Å². The number of aryl methyl sites for hydroxylation is 2. The zero-order chi connectivity index (χ0) is 29.4. The molecule has 0 aliphatic carbocycles. The highest BCUT2D eigenvalue weighted by Gasteiger charge is 2.42. The summed E-state index contributed by atoms with van der Waals surface area (Å²) in [5, 5.41) is 4.84. The lowest BCUT2D eigenvalue weighted by atomic mass is 9.96. The van der Waals surface area contributed by atoms with Gasteiger partial charge in [-0.25, -0.2) is 0 Å². The molecule has 3 aromatic carbocycles. The van der Waals surface area contributed by atoms with Crippen LogP contribution in [-0.2, 0) is 0 Å². The van der Waals surface area contributed by atoms with Gasteiger partial charge in [0.05, 0.1) is 30.6 Å². The highest BCUT2D eigenvalue weighted by atomic mass is 35.5. The molecule has 0 radical (unpaired) electrons. The number of thiocarbonyl (C=S) groups is 1. The van der Waals surface area contributed by atoms with Crippen LogP contribution >= 0.6 is 23.8 Å². The van der Waals surface area contributed by atoms with E-state index in [4.69, 9.17) is 38.3 Å². The van der Waals surface area contributed by atoms with Gasteiger partial charge in [-0.3, -0.25) is 4.98 Å². The van der Waals surface area contributed by atoms with Crippen molar-refractivity contribution >= 4 is 34.6 Å². The van der Waals surface area contributed by atoms with Crippen molar-refractivity contribution in [2.75, 3.05) is 12.0 Å². The number of aromatic nitrogens is 2. The summed E-state index contributed by atoms with van der Waals surface area (Å²) in [6, 6.07) is 29.6. The smallest absolute Gasteiger partial charge is 0.174 e. The third kappa shape index (κ3) is 5.22. The number of methoxy groups -OCH3 is 1. The van der Waals surface area contributed by atoms with E-state index >= 15 is 0 Å². The summed E-state index contributed by atoms with van der Waals surface area (Å²) < 4.78 is 14.0. The van der Waals surface area contributed by atoms with E-state index in [1.807, 2.05) is 91.1 Å². The lowest BCUT2D eigenvalue weighted by Crippen LogP contribution is -2.29. The topological polar surface area (TPSA) is 51.5 Å². The quantitative estimate of drug-likeness (QED) is 0.191. The summed E-state index contributed by atoms with van der Waals surface area (Å²) in [5.41, 5.74) is 7.19. The maximum atomic E-state index is 6.44. The van der Waals surface area contributed by atoms with E-state index in [2.05, 4.69) is 41.6 Å². The van der Waals surface area contributed by atoms with Crippen LogP contribution in [0.15, 0.2) is 97.2 Å². The van der Waals surface area contributed by atoms with Crippen LogP contribution in [0.5, 0.6) is 17.2 Å². The Morgan fingerprint density at radius 2 is 1.60 bits per heavy atom. The van der Waals surface area contributed by atoms with E-state index in [0.29, 0.717) is 10.1 Å².